The van der Waals surface area contributed by atoms with Gasteiger partial charge in [0.1, 0.15) is 5.82 Å². The average Bonchev–Trinajstić information content (AvgIpc) is 2.92. The largest absolute Gasteiger partial charge is 0.393 e. The van der Waals surface area contributed by atoms with E-state index in [9.17, 15) is 9.90 Å². The first-order valence-corrected chi connectivity index (χ1v) is 9.08. The van der Waals surface area contributed by atoms with Gasteiger partial charge >= 0.3 is 0 Å². The molecule has 1 fully saturated rings. The lowest BCUT2D eigenvalue weighted by atomic mass is 9.81. The summed E-state index contributed by atoms with van der Waals surface area (Å²) in [6.45, 7) is 9.34. The van der Waals surface area contributed by atoms with Gasteiger partial charge in [0.2, 0.25) is 5.91 Å². The molecule has 1 atom stereocenters. The highest BCUT2D eigenvalue weighted by Gasteiger charge is 2.39. The van der Waals surface area contributed by atoms with Crippen LogP contribution in [-0.2, 0) is 22.5 Å². The molecule has 0 unspecified atom stereocenters. The molecule has 2 heterocycles. The predicted octanol–water partition coefficient (Wildman–Crippen LogP) is 1.77. The summed E-state index contributed by atoms with van der Waals surface area (Å²) in [6.07, 6.45) is 3.70. The van der Waals surface area contributed by atoms with Crippen molar-refractivity contribution in [2.24, 2.45) is 11.8 Å². The van der Waals surface area contributed by atoms with Gasteiger partial charge in [-0.1, -0.05) is 13.8 Å². The maximum Gasteiger partial charge on any atom is 0.226 e. The number of aliphatic hydroxyl groups is 1. The predicted molar refractivity (Wildman–Crippen MR) is 90.4 cm³/mol. The van der Waals surface area contributed by atoms with Gasteiger partial charge < -0.3 is 19.3 Å². The van der Waals surface area contributed by atoms with Gasteiger partial charge in [-0.3, -0.25) is 4.79 Å². The van der Waals surface area contributed by atoms with Crippen LogP contribution in [0, 0.1) is 11.8 Å². The molecule has 6 heteroatoms. The quantitative estimate of drug-likeness (QED) is 0.805. The van der Waals surface area contributed by atoms with Crippen LogP contribution >= 0.6 is 0 Å². The Morgan fingerprint density at radius 2 is 2.17 bits per heavy atom. The second-order valence-electron chi connectivity index (χ2n) is 7.51. The zero-order valence-electron chi connectivity index (χ0n) is 14.9. The van der Waals surface area contributed by atoms with E-state index in [1.54, 1.807) is 0 Å². The molecule has 1 N–H and O–H groups in total. The fourth-order valence-corrected chi connectivity index (χ4v) is 3.58. The Kier molecular flexibility index (Phi) is 5.25. The summed E-state index contributed by atoms with van der Waals surface area (Å²) in [7, 11) is 0. The van der Waals surface area contributed by atoms with E-state index in [2.05, 4.69) is 23.4 Å². The topological polar surface area (TPSA) is 67.6 Å². The Morgan fingerprint density at radius 3 is 2.83 bits per heavy atom. The van der Waals surface area contributed by atoms with Crippen LogP contribution in [0.4, 0.5) is 0 Å². The summed E-state index contributed by atoms with van der Waals surface area (Å²) in [5, 5.41) is 9.43. The van der Waals surface area contributed by atoms with Gasteiger partial charge in [0.15, 0.2) is 0 Å². The normalized spacial score (nSPS) is 26.4. The fraction of sp³-hybridized carbons (Fsp3) is 0.778. The van der Waals surface area contributed by atoms with E-state index in [1.165, 1.54) is 5.69 Å². The van der Waals surface area contributed by atoms with E-state index < -0.39 is 0 Å². The number of carbonyl (C=O) groups excluding carboxylic acids is 1. The minimum Gasteiger partial charge on any atom is -0.393 e. The molecule has 1 aliphatic heterocycles. The molecule has 0 aromatic carbocycles. The smallest absolute Gasteiger partial charge is 0.226 e. The van der Waals surface area contributed by atoms with Crippen LogP contribution in [0.3, 0.4) is 0 Å². The Balaban J connectivity index is 1.60. The molecule has 0 radical (unpaired) electrons. The lowest BCUT2D eigenvalue weighted by molar-refractivity contribution is -0.145. The summed E-state index contributed by atoms with van der Waals surface area (Å²) in [4.78, 5) is 19.1. The maximum atomic E-state index is 12.6. The van der Waals surface area contributed by atoms with Crippen LogP contribution in [0.5, 0.6) is 0 Å². The summed E-state index contributed by atoms with van der Waals surface area (Å²) in [5.41, 5.74) is 1.19. The molecule has 134 valence electrons. The lowest BCUT2D eigenvalue weighted by Gasteiger charge is -2.40. The van der Waals surface area contributed by atoms with E-state index in [0.29, 0.717) is 25.4 Å². The molecular formula is C18H29N3O3. The summed E-state index contributed by atoms with van der Waals surface area (Å²) >= 11 is 0. The molecule has 1 aliphatic carbocycles. The molecule has 1 saturated carbocycles. The second-order valence-corrected chi connectivity index (χ2v) is 7.51. The number of imidazole rings is 1. The highest BCUT2D eigenvalue weighted by molar-refractivity contribution is 5.80. The highest BCUT2D eigenvalue weighted by Crippen LogP contribution is 2.33. The van der Waals surface area contributed by atoms with E-state index >= 15 is 0 Å². The Bertz CT molecular complexity index is 578. The molecule has 6 nitrogen and oxygen atoms in total. The van der Waals surface area contributed by atoms with Crippen molar-refractivity contribution in [1.82, 2.24) is 14.5 Å². The third-order valence-electron chi connectivity index (χ3n) is 5.07. The molecule has 1 amide bonds. The first kappa shape index (κ1) is 17.4. The number of aromatic nitrogens is 2. The van der Waals surface area contributed by atoms with Crippen molar-refractivity contribution in [3.63, 3.8) is 0 Å². The minimum atomic E-state index is -0.293. The first-order valence-electron chi connectivity index (χ1n) is 9.08. The fourth-order valence-electron chi connectivity index (χ4n) is 3.58. The number of carbonyl (C=O) groups is 1. The van der Waals surface area contributed by atoms with Crippen LogP contribution in [0.1, 0.15) is 51.2 Å². The van der Waals surface area contributed by atoms with Crippen molar-refractivity contribution in [3.8, 4) is 0 Å². The molecule has 1 aromatic rings. The van der Waals surface area contributed by atoms with Gasteiger partial charge in [0, 0.05) is 43.9 Å². The van der Waals surface area contributed by atoms with Crippen molar-refractivity contribution in [3.05, 3.63) is 17.7 Å². The number of fused-ring (bicyclic) bond motifs is 1. The van der Waals surface area contributed by atoms with E-state index in [1.807, 2.05) is 18.0 Å². The number of amides is 1. The number of nitrogens with zero attached hydrogens (tertiary/aromatic N) is 3. The zero-order valence-corrected chi connectivity index (χ0v) is 14.9. The van der Waals surface area contributed by atoms with Gasteiger partial charge in [-0.25, -0.2) is 4.98 Å². The number of aliphatic hydroxyl groups excluding tert-OH is 1. The molecule has 0 bridgehead atoms. The summed E-state index contributed by atoms with van der Waals surface area (Å²) < 4.78 is 7.92. The van der Waals surface area contributed by atoms with Gasteiger partial charge in [-0.15, -0.1) is 0 Å². The van der Waals surface area contributed by atoms with Crippen molar-refractivity contribution in [1.29, 1.82) is 0 Å². The Hall–Kier alpha value is -1.40. The Labute approximate surface area is 143 Å². The van der Waals surface area contributed by atoms with Crippen LogP contribution in [0.15, 0.2) is 6.20 Å². The van der Waals surface area contributed by atoms with Gasteiger partial charge in [-0.2, -0.15) is 0 Å². The minimum absolute atomic E-state index is 0.00525. The molecule has 3 rings (SSSR count). The monoisotopic (exact) mass is 335 g/mol. The third-order valence-corrected chi connectivity index (χ3v) is 5.07. The summed E-state index contributed by atoms with van der Waals surface area (Å²) in [5.74, 6) is 1.68. The average molecular weight is 335 g/mol. The van der Waals surface area contributed by atoms with Crippen LogP contribution in [0.2, 0.25) is 0 Å². The number of rotatable bonds is 6. The third kappa shape index (κ3) is 3.49. The SMILES string of the molecule is CC(C)COCCc1cnc2n1CCN(C(=O)C1CC(O)C1)[C@@H]2C. The van der Waals surface area contributed by atoms with Gasteiger partial charge in [0.05, 0.1) is 18.8 Å². The molecule has 24 heavy (non-hydrogen) atoms. The number of hydrogen-bond donors (Lipinski definition) is 1. The van der Waals surface area contributed by atoms with Crippen molar-refractivity contribution < 1.29 is 14.6 Å². The van der Waals surface area contributed by atoms with E-state index in [-0.39, 0.29) is 24.0 Å². The van der Waals surface area contributed by atoms with Crippen LogP contribution in [-0.4, -0.2) is 51.3 Å². The zero-order chi connectivity index (χ0) is 17.3. The summed E-state index contributed by atoms with van der Waals surface area (Å²) in [6, 6.07) is -0.00525. The molecule has 0 saturated heterocycles. The van der Waals surface area contributed by atoms with Crippen LogP contribution in [0.25, 0.3) is 0 Å². The van der Waals surface area contributed by atoms with E-state index in [4.69, 9.17) is 4.74 Å². The van der Waals surface area contributed by atoms with Gasteiger partial charge in [-0.05, 0) is 25.7 Å². The number of ether oxygens (including phenoxy) is 1. The molecule has 0 spiro atoms. The van der Waals surface area contributed by atoms with Crippen molar-refractivity contribution >= 4 is 5.91 Å². The van der Waals surface area contributed by atoms with Crippen LogP contribution < -0.4 is 0 Å². The highest BCUT2D eigenvalue weighted by atomic mass is 16.5. The lowest BCUT2D eigenvalue weighted by Crippen LogP contribution is -2.48. The second kappa shape index (κ2) is 7.23. The molecule has 2 aliphatic rings. The number of hydrogen-bond acceptors (Lipinski definition) is 4. The standard InChI is InChI=1S/C18H29N3O3/c1-12(2)11-24-7-4-15-10-19-17-13(3)20(5-6-21(15)17)18(23)14-8-16(22)9-14/h10,12-14,16,22H,4-9,11H2,1-3H3/t13-,14?,16?/m1/s1. The van der Waals surface area contributed by atoms with Gasteiger partial charge in [0.25, 0.3) is 0 Å². The first-order chi connectivity index (χ1) is 11.5. The van der Waals surface area contributed by atoms with E-state index in [0.717, 1.165) is 31.9 Å². The molecular weight excluding hydrogens is 306 g/mol. The molecule has 1 aromatic heterocycles. The Morgan fingerprint density at radius 1 is 1.42 bits per heavy atom. The van der Waals surface area contributed by atoms with Crippen molar-refractivity contribution in [2.45, 2.75) is 58.7 Å². The maximum absolute atomic E-state index is 12.6. The van der Waals surface area contributed by atoms with Crippen molar-refractivity contribution in [2.75, 3.05) is 19.8 Å².